The molecule has 1 saturated heterocycles. The molecule has 1 aromatic heterocycles. The maximum atomic E-state index is 13.4. The number of aromatic amines is 1. The van der Waals surface area contributed by atoms with Crippen LogP contribution in [0.4, 0.5) is 5.69 Å². The quantitative estimate of drug-likeness (QED) is 0.348. The summed E-state index contributed by atoms with van der Waals surface area (Å²) in [6, 6.07) is 15.0. The van der Waals surface area contributed by atoms with Gasteiger partial charge in [0.1, 0.15) is 12.3 Å². The smallest absolute Gasteiger partial charge is 0.323 e. The van der Waals surface area contributed by atoms with E-state index in [0.717, 1.165) is 37.3 Å². The first-order chi connectivity index (χ1) is 20.2. The molecular weight excluding hydrogens is 578 g/mol. The molecule has 7 rings (SSSR count). The van der Waals surface area contributed by atoms with Crippen molar-refractivity contribution in [2.24, 2.45) is 29.6 Å². The van der Waals surface area contributed by atoms with Crippen molar-refractivity contribution in [1.82, 2.24) is 9.88 Å². The second kappa shape index (κ2) is 10.1. The SMILES string of the molecule is Cc1ccc(NC(=O)COc2cccc([C@H]3c4sc(=O)[nH]c4SC4C5CC(C6C(=O)N(CC(=O)O)C(=O)C56)C43)c2)cc1. The monoisotopic (exact) mass is 605 g/mol. The van der Waals surface area contributed by atoms with Gasteiger partial charge in [0.05, 0.1) is 16.9 Å². The summed E-state index contributed by atoms with van der Waals surface area (Å²) in [5.41, 5.74) is 2.68. The number of thioether (sulfide) groups is 1. The summed E-state index contributed by atoms with van der Waals surface area (Å²) in [6.45, 7) is 1.17. The van der Waals surface area contributed by atoms with E-state index in [2.05, 4.69) is 10.3 Å². The first-order valence-corrected chi connectivity index (χ1v) is 15.4. The molecule has 216 valence electrons. The van der Waals surface area contributed by atoms with E-state index in [1.54, 1.807) is 17.8 Å². The van der Waals surface area contributed by atoms with Crippen molar-refractivity contribution >= 4 is 52.5 Å². The Morgan fingerprint density at radius 2 is 1.81 bits per heavy atom. The zero-order valence-corrected chi connectivity index (χ0v) is 24.1. The Balaban J connectivity index is 1.17. The number of hydrogen-bond donors (Lipinski definition) is 3. The first-order valence-electron chi connectivity index (χ1n) is 13.8. The number of likely N-dealkylation sites (tertiary alicyclic amines) is 1. The molecule has 7 atom stereocenters. The zero-order chi connectivity index (χ0) is 29.3. The van der Waals surface area contributed by atoms with Crippen molar-refractivity contribution in [3.05, 3.63) is 74.2 Å². The summed E-state index contributed by atoms with van der Waals surface area (Å²) in [5, 5.41) is 12.9. The van der Waals surface area contributed by atoms with Crippen LogP contribution >= 0.6 is 23.1 Å². The number of rotatable bonds is 7. The predicted octanol–water partition coefficient (Wildman–Crippen LogP) is 3.32. The largest absolute Gasteiger partial charge is 0.484 e. The average molecular weight is 606 g/mol. The Morgan fingerprint density at radius 1 is 1.07 bits per heavy atom. The summed E-state index contributed by atoms with van der Waals surface area (Å²) in [7, 11) is 0. The third-order valence-corrected chi connectivity index (χ3v) is 11.6. The lowest BCUT2D eigenvalue weighted by Crippen LogP contribution is -2.42. The number of carbonyl (C=O) groups excluding carboxylic acids is 3. The van der Waals surface area contributed by atoms with Crippen LogP contribution in [0.2, 0.25) is 0 Å². The van der Waals surface area contributed by atoms with Gasteiger partial charge in [0, 0.05) is 21.7 Å². The van der Waals surface area contributed by atoms with Crippen LogP contribution < -0.4 is 14.9 Å². The number of aromatic nitrogens is 1. The van der Waals surface area contributed by atoms with Gasteiger partial charge in [-0.05, 0) is 60.9 Å². The molecule has 0 radical (unpaired) electrons. The molecule has 3 heterocycles. The van der Waals surface area contributed by atoms with Gasteiger partial charge in [0.15, 0.2) is 6.61 Å². The topological polar surface area (TPSA) is 146 Å². The number of aryl methyl sites for hydroxylation is 1. The number of imide groups is 1. The van der Waals surface area contributed by atoms with Gasteiger partial charge < -0.3 is 20.1 Å². The molecule has 4 aliphatic rings. The summed E-state index contributed by atoms with van der Waals surface area (Å²) in [4.78, 5) is 67.6. The second-order valence-corrected chi connectivity index (χ2v) is 13.6. The van der Waals surface area contributed by atoms with Gasteiger partial charge in [-0.15, -0.1) is 11.8 Å². The number of carbonyl (C=O) groups is 4. The highest BCUT2D eigenvalue weighted by atomic mass is 32.2. The van der Waals surface area contributed by atoms with Gasteiger partial charge in [0.25, 0.3) is 5.91 Å². The third kappa shape index (κ3) is 4.35. The minimum absolute atomic E-state index is 0.00890. The Bertz CT molecular complexity index is 1680. The molecule has 2 saturated carbocycles. The average Bonchev–Trinajstić information content (AvgIpc) is 3.69. The predicted molar refractivity (Wildman–Crippen MR) is 155 cm³/mol. The zero-order valence-electron chi connectivity index (χ0n) is 22.4. The van der Waals surface area contributed by atoms with Gasteiger partial charge in [-0.25, -0.2) is 0 Å². The third-order valence-electron chi connectivity index (χ3n) is 9.03. The van der Waals surface area contributed by atoms with Crippen LogP contribution in [0.5, 0.6) is 5.75 Å². The van der Waals surface area contributed by atoms with E-state index in [-0.39, 0.29) is 52.2 Å². The number of H-pyrrole nitrogens is 1. The van der Waals surface area contributed by atoms with Crippen molar-refractivity contribution in [2.75, 3.05) is 18.5 Å². The van der Waals surface area contributed by atoms with Crippen molar-refractivity contribution in [2.45, 2.75) is 29.5 Å². The van der Waals surface area contributed by atoms with Crippen molar-refractivity contribution < 1.29 is 29.0 Å². The molecule has 3 fully saturated rings. The lowest BCUT2D eigenvalue weighted by atomic mass is 9.68. The summed E-state index contributed by atoms with van der Waals surface area (Å²) >= 11 is 2.72. The number of carboxylic acid groups (broad SMARTS) is 1. The molecule has 3 aromatic rings. The molecule has 42 heavy (non-hydrogen) atoms. The minimum atomic E-state index is -1.21. The Kier molecular flexibility index (Phi) is 6.50. The number of carboxylic acids is 1. The van der Waals surface area contributed by atoms with E-state index in [1.807, 2.05) is 49.4 Å². The van der Waals surface area contributed by atoms with Crippen LogP contribution in [0.15, 0.2) is 58.4 Å². The molecule has 12 heteroatoms. The number of nitrogens with one attached hydrogen (secondary N) is 2. The van der Waals surface area contributed by atoms with Crippen LogP contribution in [0.3, 0.4) is 0 Å². The van der Waals surface area contributed by atoms with Gasteiger partial charge >= 0.3 is 10.8 Å². The van der Waals surface area contributed by atoms with Crippen molar-refractivity contribution in [3.8, 4) is 5.75 Å². The first kappa shape index (κ1) is 27.0. The molecule has 3 N–H and O–H groups in total. The van der Waals surface area contributed by atoms with Crippen LogP contribution in [-0.4, -0.2) is 57.1 Å². The molecule has 2 aliphatic carbocycles. The highest BCUT2D eigenvalue weighted by molar-refractivity contribution is 8.00. The summed E-state index contributed by atoms with van der Waals surface area (Å²) in [6.07, 6.45) is 0.709. The molecule has 2 aliphatic heterocycles. The number of nitrogens with zero attached hydrogens (tertiary/aromatic N) is 1. The van der Waals surface area contributed by atoms with Crippen molar-refractivity contribution in [3.63, 3.8) is 0 Å². The fraction of sp³-hybridized carbons (Fsp3) is 0.367. The number of ether oxygens (including phenoxy) is 1. The van der Waals surface area contributed by atoms with E-state index >= 15 is 0 Å². The molecule has 6 unspecified atom stereocenters. The van der Waals surface area contributed by atoms with E-state index in [0.29, 0.717) is 17.9 Å². The van der Waals surface area contributed by atoms with E-state index < -0.39 is 30.3 Å². The Labute approximate surface area is 248 Å². The molecular formula is C30H27N3O7S2. The molecule has 0 spiro atoms. The van der Waals surface area contributed by atoms with Crippen LogP contribution in [0.25, 0.3) is 0 Å². The number of hydrogen-bond acceptors (Lipinski definition) is 8. The molecule has 2 bridgehead atoms. The standard InChI is InChI=1S/C30H27N3O7S2/c1-13-5-7-15(8-6-13)31-19(34)12-40-16-4-2-3-14(9-16)21-22-17-10-18(25(22)41-27-26(21)42-30(39)32-27)24-23(17)28(37)33(29(24)38)11-20(35)36/h2-9,17-18,21-25H,10-12H2,1H3,(H,31,34)(H,32,39)(H,35,36)/t17?,18?,21-,22?,23?,24?,25?/m1/s1. The number of thiazole rings is 1. The summed E-state index contributed by atoms with van der Waals surface area (Å²) in [5.74, 6) is -3.30. The van der Waals surface area contributed by atoms with Gasteiger partial charge in [-0.3, -0.25) is 28.9 Å². The fourth-order valence-electron chi connectivity index (χ4n) is 7.52. The maximum Gasteiger partial charge on any atom is 0.323 e. The lowest BCUT2D eigenvalue weighted by molar-refractivity contribution is -0.149. The number of fused-ring (bicyclic) bond motifs is 9. The van der Waals surface area contributed by atoms with Crippen molar-refractivity contribution in [1.29, 1.82) is 0 Å². The maximum absolute atomic E-state index is 13.4. The lowest BCUT2D eigenvalue weighted by Gasteiger charge is -2.43. The highest BCUT2D eigenvalue weighted by Gasteiger charge is 2.69. The molecule has 2 aromatic carbocycles. The normalized spacial score (nSPS) is 28.8. The Morgan fingerprint density at radius 3 is 2.55 bits per heavy atom. The van der Waals surface area contributed by atoms with E-state index in [1.165, 1.54) is 0 Å². The minimum Gasteiger partial charge on any atom is -0.484 e. The second-order valence-electron chi connectivity index (χ2n) is 11.4. The molecule has 3 amide bonds. The van der Waals surface area contributed by atoms with Crippen LogP contribution in [-0.2, 0) is 19.2 Å². The van der Waals surface area contributed by atoms with E-state index in [4.69, 9.17) is 4.74 Å². The number of anilines is 1. The molecule has 10 nitrogen and oxygen atoms in total. The van der Waals surface area contributed by atoms with Crippen LogP contribution in [0.1, 0.15) is 28.3 Å². The number of aliphatic carboxylic acids is 1. The van der Waals surface area contributed by atoms with Gasteiger partial charge in [-0.1, -0.05) is 41.2 Å². The Hall–Kier alpha value is -3.90. The summed E-state index contributed by atoms with van der Waals surface area (Å²) < 4.78 is 5.87. The van der Waals surface area contributed by atoms with E-state index in [9.17, 15) is 29.1 Å². The van der Waals surface area contributed by atoms with Gasteiger partial charge in [-0.2, -0.15) is 0 Å². The highest BCUT2D eigenvalue weighted by Crippen LogP contribution is 2.68. The fourth-order valence-corrected chi connectivity index (χ4v) is 10.4. The van der Waals surface area contributed by atoms with Gasteiger partial charge in [0.2, 0.25) is 11.8 Å². The number of benzene rings is 2. The number of amides is 3. The van der Waals surface area contributed by atoms with Crippen LogP contribution in [0, 0.1) is 36.5 Å².